The van der Waals surface area contributed by atoms with Crippen LogP contribution in [0.5, 0.6) is 0 Å². The molecule has 1 aliphatic rings. The third-order valence-corrected chi connectivity index (χ3v) is 3.81. The van der Waals surface area contributed by atoms with E-state index in [4.69, 9.17) is 0 Å². The molecule has 0 spiro atoms. The van der Waals surface area contributed by atoms with Crippen molar-refractivity contribution in [2.75, 3.05) is 7.05 Å². The van der Waals surface area contributed by atoms with Crippen molar-refractivity contribution in [2.45, 2.75) is 44.8 Å². The van der Waals surface area contributed by atoms with Crippen LogP contribution < -0.4 is 0 Å². The zero-order valence-electron chi connectivity index (χ0n) is 11.1. The van der Waals surface area contributed by atoms with E-state index in [1.54, 1.807) is 11.9 Å². The topological polar surface area (TPSA) is 40.5 Å². The SMILES string of the molecule is Cc1ccc(C(=O)N(C)C2CCCCC2O)cc1. The standard InChI is InChI=1S/C15H21NO2/c1-11-7-9-12(10-8-11)15(18)16(2)13-5-3-4-6-14(13)17/h7-10,13-14,17H,3-6H2,1-2H3. The molecule has 1 N–H and O–H groups in total. The lowest BCUT2D eigenvalue weighted by Gasteiger charge is -2.35. The van der Waals surface area contributed by atoms with E-state index in [0.717, 1.165) is 31.2 Å². The van der Waals surface area contributed by atoms with Crippen molar-refractivity contribution in [3.8, 4) is 0 Å². The molecule has 0 bridgehead atoms. The van der Waals surface area contributed by atoms with Gasteiger partial charge in [-0.15, -0.1) is 0 Å². The summed E-state index contributed by atoms with van der Waals surface area (Å²) in [6, 6.07) is 7.55. The summed E-state index contributed by atoms with van der Waals surface area (Å²) in [5.41, 5.74) is 1.84. The fraction of sp³-hybridized carbons (Fsp3) is 0.533. The lowest BCUT2D eigenvalue weighted by molar-refractivity contribution is 0.0268. The molecule has 3 heteroatoms. The van der Waals surface area contributed by atoms with Crippen LogP contribution in [0.2, 0.25) is 0 Å². The number of amides is 1. The van der Waals surface area contributed by atoms with Gasteiger partial charge in [0.2, 0.25) is 0 Å². The second-order valence-corrected chi connectivity index (χ2v) is 5.20. The summed E-state index contributed by atoms with van der Waals surface area (Å²) in [4.78, 5) is 14.0. The number of carbonyl (C=O) groups excluding carboxylic acids is 1. The average molecular weight is 247 g/mol. The lowest BCUT2D eigenvalue weighted by atomic mass is 9.91. The van der Waals surface area contributed by atoms with E-state index in [2.05, 4.69) is 0 Å². The number of benzene rings is 1. The number of nitrogens with zero attached hydrogens (tertiary/aromatic N) is 1. The average Bonchev–Trinajstić information content (AvgIpc) is 2.38. The fourth-order valence-corrected chi connectivity index (χ4v) is 2.59. The molecular weight excluding hydrogens is 226 g/mol. The Morgan fingerprint density at radius 3 is 2.44 bits per heavy atom. The zero-order chi connectivity index (χ0) is 13.1. The highest BCUT2D eigenvalue weighted by atomic mass is 16.3. The Balaban J connectivity index is 2.10. The lowest BCUT2D eigenvalue weighted by Crippen LogP contribution is -2.46. The van der Waals surface area contributed by atoms with Crippen molar-refractivity contribution in [1.82, 2.24) is 4.90 Å². The van der Waals surface area contributed by atoms with Crippen LogP contribution in [0.4, 0.5) is 0 Å². The second kappa shape index (κ2) is 5.53. The Labute approximate surface area is 108 Å². The molecule has 0 aliphatic heterocycles. The van der Waals surface area contributed by atoms with Crippen molar-refractivity contribution in [3.63, 3.8) is 0 Å². The third kappa shape index (κ3) is 2.72. The number of hydrogen-bond donors (Lipinski definition) is 1. The molecule has 0 aromatic heterocycles. The minimum Gasteiger partial charge on any atom is -0.391 e. The van der Waals surface area contributed by atoms with Crippen LogP contribution in [0.1, 0.15) is 41.6 Å². The van der Waals surface area contributed by atoms with Crippen LogP contribution in [-0.2, 0) is 0 Å². The van der Waals surface area contributed by atoms with E-state index in [1.165, 1.54) is 0 Å². The number of aliphatic hydroxyl groups is 1. The van der Waals surface area contributed by atoms with Crippen LogP contribution in [-0.4, -0.2) is 35.1 Å². The van der Waals surface area contributed by atoms with Gasteiger partial charge in [-0.05, 0) is 31.9 Å². The van der Waals surface area contributed by atoms with Crippen LogP contribution in [0.15, 0.2) is 24.3 Å². The summed E-state index contributed by atoms with van der Waals surface area (Å²) in [6.07, 6.45) is 3.47. The maximum absolute atomic E-state index is 12.3. The van der Waals surface area contributed by atoms with Gasteiger partial charge in [0.15, 0.2) is 0 Å². The highest BCUT2D eigenvalue weighted by molar-refractivity contribution is 5.94. The third-order valence-electron chi connectivity index (χ3n) is 3.81. The molecule has 2 rings (SSSR count). The van der Waals surface area contributed by atoms with E-state index in [1.807, 2.05) is 31.2 Å². The van der Waals surface area contributed by atoms with Crippen molar-refractivity contribution in [1.29, 1.82) is 0 Å². The molecule has 1 fully saturated rings. The molecule has 18 heavy (non-hydrogen) atoms. The molecule has 2 unspecified atom stereocenters. The summed E-state index contributed by atoms with van der Waals surface area (Å²) in [5.74, 6) is 0.000880. The van der Waals surface area contributed by atoms with Gasteiger partial charge in [0.1, 0.15) is 0 Å². The van der Waals surface area contributed by atoms with Gasteiger partial charge in [-0.1, -0.05) is 30.5 Å². The molecule has 3 nitrogen and oxygen atoms in total. The predicted octanol–water partition coefficient (Wildman–Crippen LogP) is 2.37. The Morgan fingerprint density at radius 2 is 1.83 bits per heavy atom. The smallest absolute Gasteiger partial charge is 0.253 e. The number of aryl methyl sites for hydroxylation is 1. The van der Waals surface area contributed by atoms with Crippen molar-refractivity contribution < 1.29 is 9.90 Å². The van der Waals surface area contributed by atoms with Crippen molar-refractivity contribution >= 4 is 5.91 Å². The number of rotatable bonds is 2. The first-order chi connectivity index (χ1) is 8.59. The zero-order valence-corrected chi connectivity index (χ0v) is 11.1. The Hall–Kier alpha value is -1.35. The summed E-state index contributed by atoms with van der Waals surface area (Å²) in [6.45, 7) is 2.00. The minimum atomic E-state index is -0.377. The first-order valence-electron chi connectivity index (χ1n) is 6.61. The minimum absolute atomic E-state index is 0.000880. The van der Waals surface area contributed by atoms with E-state index >= 15 is 0 Å². The molecule has 2 atom stereocenters. The van der Waals surface area contributed by atoms with Crippen LogP contribution in [0, 0.1) is 6.92 Å². The number of aliphatic hydroxyl groups excluding tert-OH is 1. The molecule has 1 amide bonds. The summed E-state index contributed by atoms with van der Waals surface area (Å²) >= 11 is 0. The van der Waals surface area contributed by atoms with E-state index in [9.17, 15) is 9.90 Å². The largest absolute Gasteiger partial charge is 0.391 e. The Morgan fingerprint density at radius 1 is 1.22 bits per heavy atom. The number of hydrogen-bond acceptors (Lipinski definition) is 2. The normalized spacial score (nSPS) is 23.7. The fourth-order valence-electron chi connectivity index (χ4n) is 2.59. The van der Waals surface area contributed by atoms with Gasteiger partial charge < -0.3 is 10.0 Å². The van der Waals surface area contributed by atoms with Crippen molar-refractivity contribution in [2.24, 2.45) is 0 Å². The molecule has 0 heterocycles. The second-order valence-electron chi connectivity index (χ2n) is 5.20. The summed E-state index contributed by atoms with van der Waals surface area (Å²) in [5, 5.41) is 9.99. The molecule has 1 saturated carbocycles. The Bertz CT molecular complexity index is 413. The Kier molecular flexibility index (Phi) is 4.02. The van der Waals surface area contributed by atoms with Gasteiger partial charge >= 0.3 is 0 Å². The first-order valence-corrected chi connectivity index (χ1v) is 6.61. The quantitative estimate of drug-likeness (QED) is 0.871. The molecule has 1 aliphatic carbocycles. The van der Waals surface area contributed by atoms with Gasteiger partial charge in [-0.3, -0.25) is 4.79 Å². The maximum Gasteiger partial charge on any atom is 0.253 e. The molecule has 1 aromatic rings. The first kappa shape index (κ1) is 13.1. The highest BCUT2D eigenvalue weighted by Crippen LogP contribution is 2.23. The van der Waals surface area contributed by atoms with Gasteiger partial charge in [-0.2, -0.15) is 0 Å². The van der Waals surface area contributed by atoms with E-state index in [0.29, 0.717) is 5.56 Å². The number of likely N-dealkylation sites (N-methyl/N-ethyl adjacent to an activating group) is 1. The molecular formula is C15H21NO2. The van der Waals surface area contributed by atoms with Crippen molar-refractivity contribution in [3.05, 3.63) is 35.4 Å². The molecule has 1 aromatic carbocycles. The van der Waals surface area contributed by atoms with Crippen LogP contribution in [0.3, 0.4) is 0 Å². The monoisotopic (exact) mass is 247 g/mol. The van der Waals surface area contributed by atoms with Gasteiger partial charge in [0.05, 0.1) is 12.1 Å². The predicted molar refractivity (Wildman–Crippen MR) is 71.5 cm³/mol. The summed E-state index contributed by atoms with van der Waals surface area (Å²) < 4.78 is 0. The van der Waals surface area contributed by atoms with Gasteiger partial charge in [0.25, 0.3) is 5.91 Å². The molecule has 98 valence electrons. The van der Waals surface area contributed by atoms with Crippen LogP contribution >= 0.6 is 0 Å². The van der Waals surface area contributed by atoms with Gasteiger partial charge in [-0.25, -0.2) is 0 Å². The van der Waals surface area contributed by atoms with Crippen LogP contribution in [0.25, 0.3) is 0 Å². The van der Waals surface area contributed by atoms with E-state index in [-0.39, 0.29) is 18.1 Å². The summed E-state index contributed by atoms with van der Waals surface area (Å²) in [7, 11) is 1.79. The maximum atomic E-state index is 12.3. The molecule has 0 radical (unpaired) electrons. The number of carbonyl (C=O) groups is 1. The van der Waals surface area contributed by atoms with Gasteiger partial charge in [0, 0.05) is 12.6 Å². The molecule has 0 saturated heterocycles. The van der Waals surface area contributed by atoms with E-state index < -0.39 is 0 Å². The highest BCUT2D eigenvalue weighted by Gasteiger charge is 2.29.